The van der Waals surface area contributed by atoms with Gasteiger partial charge in [-0.15, -0.1) is 0 Å². The molecule has 0 atom stereocenters. The van der Waals surface area contributed by atoms with Crippen molar-refractivity contribution in [2.24, 2.45) is 0 Å². The molecule has 19 heavy (non-hydrogen) atoms. The van der Waals surface area contributed by atoms with Gasteiger partial charge < -0.3 is 9.80 Å². The van der Waals surface area contributed by atoms with Crippen LogP contribution in [0.25, 0.3) is 0 Å². The summed E-state index contributed by atoms with van der Waals surface area (Å²) in [5.41, 5.74) is 1.73. The number of benzene rings is 1. The molecule has 4 heteroatoms. The maximum Gasteiger partial charge on any atom is 0.153 e. The smallest absolute Gasteiger partial charge is 0.153 e. The fraction of sp³-hybridized carbons (Fsp3) is 0.533. The van der Waals surface area contributed by atoms with Crippen LogP contribution in [0, 0.1) is 0 Å². The van der Waals surface area contributed by atoms with E-state index in [2.05, 4.69) is 23.9 Å². The van der Waals surface area contributed by atoms with E-state index in [1.54, 1.807) is 6.07 Å². The Balaban J connectivity index is 2.23. The van der Waals surface area contributed by atoms with E-state index in [1.165, 1.54) is 19.3 Å². The number of aldehydes is 1. The molecular formula is C15H21ClN2O. The van der Waals surface area contributed by atoms with Gasteiger partial charge in [-0.3, -0.25) is 4.79 Å². The lowest BCUT2D eigenvalue weighted by Crippen LogP contribution is -2.56. The SMILES string of the molecule is CN(CC1(N(C)C)CCC1)c1cccc(Cl)c1C=O. The molecule has 0 spiro atoms. The van der Waals surface area contributed by atoms with Crippen molar-refractivity contribution in [1.82, 2.24) is 4.90 Å². The van der Waals surface area contributed by atoms with Crippen LogP contribution < -0.4 is 4.90 Å². The van der Waals surface area contributed by atoms with Crippen molar-refractivity contribution in [1.29, 1.82) is 0 Å². The van der Waals surface area contributed by atoms with Gasteiger partial charge in [-0.05, 0) is 45.5 Å². The maximum atomic E-state index is 11.2. The Hall–Kier alpha value is -1.06. The van der Waals surface area contributed by atoms with Crippen LogP contribution in [0.5, 0.6) is 0 Å². The summed E-state index contributed by atoms with van der Waals surface area (Å²) in [5.74, 6) is 0. The average molecular weight is 281 g/mol. The number of hydrogen-bond acceptors (Lipinski definition) is 3. The molecule has 0 saturated heterocycles. The minimum atomic E-state index is 0.233. The predicted octanol–water partition coefficient (Wildman–Crippen LogP) is 3.07. The van der Waals surface area contributed by atoms with Crippen molar-refractivity contribution in [2.75, 3.05) is 32.6 Å². The molecule has 1 aliphatic rings. The standard InChI is InChI=1S/C15H21ClN2O/c1-17(2)15(8-5-9-15)11-18(3)14-7-4-6-13(16)12(14)10-19/h4,6-7,10H,5,8-9,11H2,1-3H3. The molecule has 0 bridgehead atoms. The molecular weight excluding hydrogens is 260 g/mol. The topological polar surface area (TPSA) is 23.6 Å². The number of likely N-dealkylation sites (N-methyl/N-ethyl adjacent to an activating group) is 2. The van der Waals surface area contributed by atoms with E-state index in [9.17, 15) is 4.79 Å². The average Bonchev–Trinajstić information content (AvgIpc) is 2.32. The van der Waals surface area contributed by atoms with E-state index in [4.69, 9.17) is 11.6 Å². The van der Waals surface area contributed by atoms with Gasteiger partial charge in [-0.25, -0.2) is 0 Å². The van der Waals surface area contributed by atoms with Crippen LogP contribution >= 0.6 is 11.6 Å². The molecule has 0 radical (unpaired) electrons. The highest BCUT2D eigenvalue weighted by Gasteiger charge is 2.40. The molecule has 1 aromatic carbocycles. The Morgan fingerprint density at radius 1 is 1.32 bits per heavy atom. The van der Waals surface area contributed by atoms with Crippen LogP contribution in [0.3, 0.4) is 0 Å². The van der Waals surface area contributed by atoms with Crippen molar-refractivity contribution in [3.8, 4) is 0 Å². The van der Waals surface area contributed by atoms with E-state index in [1.807, 2.05) is 19.2 Å². The van der Waals surface area contributed by atoms with Gasteiger partial charge in [-0.2, -0.15) is 0 Å². The molecule has 1 fully saturated rings. The Morgan fingerprint density at radius 3 is 2.47 bits per heavy atom. The van der Waals surface area contributed by atoms with E-state index in [0.717, 1.165) is 18.5 Å². The molecule has 0 aliphatic heterocycles. The Morgan fingerprint density at radius 2 is 2.00 bits per heavy atom. The number of rotatable bonds is 5. The number of carbonyl (C=O) groups excluding carboxylic acids is 1. The van der Waals surface area contributed by atoms with Gasteiger partial charge in [0.1, 0.15) is 0 Å². The molecule has 0 aromatic heterocycles. The molecule has 0 heterocycles. The van der Waals surface area contributed by atoms with Gasteiger partial charge in [0.2, 0.25) is 0 Å². The largest absolute Gasteiger partial charge is 0.372 e. The Labute approximate surface area is 120 Å². The van der Waals surface area contributed by atoms with Crippen LogP contribution in [0.2, 0.25) is 5.02 Å². The Kier molecular flexibility index (Phi) is 4.16. The third-order valence-corrected chi connectivity index (χ3v) is 4.65. The van der Waals surface area contributed by atoms with Crippen LogP contribution in [0.15, 0.2) is 18.2 Å². The van der Waals surface area contributed by atoms with Crippen molar-refractivity contribution in [3.63, 3.8) is 0 Å². The highest BCUT2D eigenvalue weighted by molar-refractivity contribution is 6.33. The second-order valence-corrected chi connectivity index (χ2v) is 6.03. The van der Waals surface area contributed by atoms with Crippen LogP contribution in [0.1, 0.15) is 29.6 Å². The summed E-state index contributed by atoms with van der Waals surface area (Å²) in [4.78, 5) is 15.7. The first kappa shape index (κ1) is 14.4. The summed E-state index contributed by atoms with van der Waals surface area (Å²) in [6.07, 6.45) is 4.54. The fourth-order valence-electron chi connectivity index (χ4n) is 2.83. The summed E-state index contributed by atoms with van der Waals surface area (Å²) in [5, 5.41) is 0.520. The first-order valence-electron chi connectivity index (χ1n) is 6.62. The first-order chi connectivity index (χ1) is 9.00. The van der Waals surface area contributed by atoms with Crippen molar-refractivity contribution in [3.05, 3.63) is 28.8 Å². The molecule has 1 aromatic rings. The van der Waals surface area contributed by atoms with Crippen LogP contribution in [-0.2, 0) is 0 Å². The monoisotopic (exact) mass is 280 g/mol. The number of nitrogens with zero attached hydrogens (tertiary/aromatic N) is 2. The second-order valence-electron chi connectivity index (χ2n) is 5.62. The lowest BCUT2D eigenvalue weighted by Gasteiger charge is -2.49. The fourth-order valence-corrected chi connectivity index (χ4v) is 3.05. The van der Waals surface area contributed by atoms with Gasteiger partial charge in [0, 0.05) is 24.8 Å². The minimum Gasteiger partial charge on any atom is -0.372 e. The molecule has 0 unspecified atom stereocenters. The highest BCUT2D eigenvalue weighted by Crippen LogP contribution is 2.38. The van der Waals surface area contributed by atoms with E-state index in [-0.39, 0.29) is 5.54 Å². The normalized spacial score (nSPS) is 17.1. The lowest BCUT2D eigenvalue weighted by atomic mass is 9.75. The summed E-state index contributed by atoms with van der Waals surface area (Å²) in [6.45, 7) is 0.918. The molecule has 104 valence electrons. The number of hydrogen-bond donors (Lipinski definition) is 0. The van der Waals surface area contributed by atoms with Crippen molar-refractivity contribution < 1.29 is 4.79 Å². The maximum absolute atomic E-state index is 11.2. The zero-order chi connectivity index (χ0) is 14.0. The quantitative estimate of drug-likeness (QED) is 0.775. The van der Waals surface area contributed by atoms with Gasteiger partial charge in [0.25, 0.3) is 0 Å². The second kappa shape index (κ2) is 5.51. The summed E-state index contributed by atoms with van der Waals surface area (Å²) < 4.78 is 0. The number of anilines is 1. The molecule has 1 aliphatic carbocycles. The number of carbonyl (C=O) groups is 1. The van der Waals surface area contributed by atoms with E-state index < -0.39 is 0 Å². The predicted molar refractivity (Wildman–Crippen MR) is 80.4 cm³/mol. The molecule has 2 rings (SSSR count). The molecule has 1 saturated carbocycles. The summed E-state index contributed by atoms with van der Waals surface area (Å²) in [6, 6.07) is 5.61. The van der Waals surface area contributed by atoms with Crippen molar-refractivity contribution in [2.45, 2.75) is 24.8 Å². The summed E-state index contributed by atoms with van der Waals surface area (Å²) in [7, 11) is 6.29. The minimum absolute atomic E-state index is 0.233. The highest BCUT2D eigenvalue weighted by atomic mass is 35.5. The Bertz CT molecular complexity index is 469. The zero-order valence-corrected chi connectivity index (χ0v) is 12.6. The van der Waals surface area contributed by atoms with Gasteiger partial charge >= 0.3 is 0 Å². The lowest BCUT2D eigenvalue weighted by molar-refractivity contribution is 0.0683. The third-order valence-electron chi connectivity index (χ3n) is 4.32. The molecule has 0 amide bonds. The van der Waals surface area contributed by atoms with Gasteiger partial charge in [0.05, 0.1) is 10.6 Å². The third kappa shape index (κ3) is 2.63. The van der Waals surface area contributed by atoms with E-state index in [0.29, 0.717) is 10.6 Å². The van der Waals surface area contributed by atoms with Crippen LogP contribution in [0.4, 0.5) is 5.69 Å². The van der Waals surface area contributed by atoms with Gasteiger partial charge in [-0.1, -0.05) is 17.7 Å². The molecule has 0 N–H and O–H groups in total. The summed E-state index contributed by atoms with van der Waals surface area (Å²) >= 11 is 6.09. The first-order valence-corrected chi connectivity index (χ1v) is 7.00. The van der Waals surface area contributed by atoms with Gasteiger partial charge in [0.15, 0.2) is 6.29 Å². The number of halogens is 1. The van der Waals surface area contributed by atoms with Crippen molar-refractivity contribution >= 4 is 23.6 Å². The zero-order valence-electron chi connectivity index (χ0n) is 11.8. The van der Waals surface area contributed by atoms with E-state index >= 15 is 0 Å². The molecule has 3 nitrogen and oxygen atoms in total. The van der Waals surface area contributed by atoms with Crippen LogP contribution in [-0.4, -0.2) is 44.4 Å².